The van der Waals surface area contributed by atoms with E-state index in [1.165, 1.54) is 0 Å². The Morgan fingerprint density at radius 3 is 0.867 bits per heavy atom. The molecule has 0 saturated carbocycles. The fourth-order valence-electron chi connectivity index (χ4n) is 0.668. The van der Waals surface area contributed by atoms with Gasteiger partial charge in [0.2, 0.25) is 0 Å². The molecule has 0 spiro atoms. The Balaban J connectivity index is -0.0000000417. The molecule has 0 aliphatic heterocycles. The molecule has 0 unspecified atom stereocenters. The number of halogens is 4. The fourth-order valence-corrected chi connectivity index (χ4v) is 0.668. The summed E-state index contributed by atoms with van der Waals surface area (Å²) in [6, 6.07) is 3.09. The molecule has 0 aliphatic rings. The predicted octanol–water partition coefficient (Wildman–Crippen LogP) is -1.18. The Hall–Kier alpha value is 0.177. The summed E-state index contributed by atoms with van der Waals surface area (Å²) in [5, 5.41) is 0. The first kappa shape index (κ1) is 29.5. The molecule has 0 atom stereocenters. The van der Waals surface area contributed by atoms with Crippen LogP contribution in [-0.4, -0.2) is 0 Å². The van der Waals surface area contributed by atoms with E-state index in [9.17, 15) is 0 Å². The minimum Gasteiger partial charge on any atom is -1.00 e. The standard InChI is InChI=1S/C6H10N4.4ClH.Li.H/c7-3-1-4(8)6(10)2-5(3)9;;;;;;/h1-2H,7-10H2;4*1H;;/q;;;;;+1;-1. The van der Waals surface area contributed by atoms with Crippen LogP contribution in [0.2, 0.25) is 0 Å². The molecule has 1 rings (SSSR count). The van der Waals surface area contributed by atoms with Gasteiger partial charge in [0.1, 0.15) is 0 Å². The third-order valence-corrected chi connectivity index (χ3v) is 1.29. The van der Waals surface area contributed by atoms with Crippen molar-refractivity contribution in [2.75, 3.05) is 22.9 Å². The first-order chi connectivity index (χ1) is 4.61. The third-order valence-electron chi connectivity index (χ3n) is 1.29. The molecule has 4 nitrogen and oxygen atoms in total. The van der Waals surface area contributed by atoms with Crippen LogP contribution < -0.4 is 41.8 Å². The summed E-state index contributed by atoms with van der Waals surface area (Å²) in [5.41, 5.74) is 23.6. The van der Waals surface area contributed by atoms with Crippen LogP contribution in [-0.2, 0) is 0 Å². The molecule has 8 N–H and O–H groups in total. The summed E-state index contributed by atoms with van der Waals surface area (Å²) < 4.78 is 0. The van der Waals surface area contributed by atoms with E-state index in [2.05, 4.69) is 0 Å². The summed E-state index contributed by atoms with van der Waals surface area (Å²) in [6.45, 7) is 0. The second-order valence-corrected chi connectivity index (χ2v) is 2.11. The van der Waals surface area contributed by atoms with E-state index in [1.54, 1.807) is 12.1 Å². The van der Waals surface area contributed by atoms with Gasteiger partial charge in [-0.1, -0.05) is 0 Å². The van der Waals surface area contributed by atoms with E-state index < -0.39 is 0 Å². The number of nitrogens with two attached hydrogens (primary N) is 4. The smallest absolute Gasteiger partial charge is 1.00 e. The molecule has 15 heavy (non-hydrogen) atoms. The van der Waals surface area contributed by atoms with Crippen LogP contribution in [0.3, 0.4) is 0 Å². The van der Waals surface area contributed by atoms with Gasteiger partial charge in [0.05, 0.1) is 22.7 Å². The molecule has 1 aromatic carbocycles. The van der Waals surface area contributed by atoms with Crippen molar-refractivity contribution in [2.24, 2.45) is 0 Å². The first-order valence-electron chi connectivity index (χ1n) is 2.81. The van der Waals surface area contributed by atoms with E-state index in [1.807, 2.05) is 0 Å². The van der Waals surface area contributed by atoms with Gasteiger partial charge < -0.3 is 24.4 Å². The van der Waals surface area contributed by atoms with Crippen molar-refractivity contribution in [3.8, 4) is 0 Å². The van der Waals surface area contributed by atoms with Crippen LogP contribution in [0.1, 0.15) is 1.43 Å². The van der Waals surface area contributed by atoms with E-state index in [-0.39, 0.29) is 69.9 Å². The molecular formula is C6H15Cl4LiN4. The van der Waals surface area contributed by atoms with Gasteiger partial charge in [0, 0.05) is 0 Å². The quantitative estimate of drug-likeness (QED) is 0.357. The number of hydrogen-bond acceptors (Lipinski definition) is 4. The zero-order valence-electron chi connectivity index (χ0n) is 9.10. The van der Waals surface area contributed by atoms with Crippen molar-refractivity contribution >= 4 is 72.4 Å². The van der Waals surface area contributed by atoms with Gasteiger partial charge in [0.25, 0.3) is 0 Å². The number of benzene rings is 1. The van der Waals surface area contributed by atoms with Gasteiger partial charge in [-0.25, -0.2) is 0 Å². The molecule has 0 bridgehead atoms. The summed E-state index contributed by atoms with van der Waals surface area (Å²) in [4.78, 5) is 0. The van der Waals surface area contributed by atoms with Crippen molar-refractivity contribution in [3.05, 3.63) is 12.1 Å². The molecule has 0 aromatic heterocycles. The average Bonchev–Trinajstić information content (AvgIpc) is 1.84. The summed E-state index contributed by atoms with van der Waals surface area (Å²) >= 11 is 0. The fraction of sp³-hybridized carbons (Fsp3) is 0. The number of hydrogen-bond donors (Lipinski definition) is 4. The Labute approximate surface area is 127 Å². The zero-order chi connectivity index (χ0) is 7.72. The Bertz CT molecular complexity index is 229. The van der Waals surface area contributed by atoms with Gasteiger partial charge in [-0.3, -0.25) is 0 Å². The van der Waals surface area contributed by atoms with E-state index in [0.717, 1.165) is 0 Å². The maximum Gasteiger partial charge on any atom is 1.00 e. The Morgan fingerprint density at radius 1 is 0.600 bits per heavy atom. The van der Waals surface area contributed by atoms with E-state index >= 15 is 0 Å². The van der Waals surface area contributed by atoms with Gasteiger partial charge in [-0.2, -0.15) is 0 Å². The van der Waals surface area contributed by atoms with Crippen LogP contribution in [0.4, 0.5) is 22.7 Å². The molecule has 1 aromatic rings. The minimum atomic E-state index is 0. The van der Waals surface area contributed by atoms with Crippen LogP contribution >= 0.6 is 49.6 Å². The van der Waals surface area contributed by atoms with Crippen LogP contribution in [0.5, 0.6) is 0 Å². The molecule has 0 radical (unpaired) electrons. The van der Waals surface area contributed by atoms with E-state index in [4.69, 9.17) is 22.9 Å². The summed E-state index contributed by atoms with van der Waals surface area (Å²) in [5.74, 6) is 0. The van der Waals surface area contributed by atoms with Crippen LogP contribution in [0.25, 0.3) is 0 Å². The van der Waals surface area contributed by atoms with Gasteiger partial charge in [-0.15, -0.1) is 49.6 Å². The third kappa shape index (κ3) is 8.03. The molecule has 9 heteroatoms. The van der Waals surface area contributed by atoms with Crippen molar-refractivity contribution in [3.63, 3.8) is 0 Å². The topological polar surface area (TPSA) is 104 Å². The Morgan fingerprint density at radius 2 is 0.733 bits per heavy atom. The number of nitrogen functional groups attached to an aromatic ring is 4. The molecule has 88 valence electrons. The molecular weight excluding hydrogens is 277 g/mol. The second kappa shape index (κ2) is 12.2. The van der Waals surface area contributed by atoms with Gasteiger partial charge in [-0.05, 0) is 12.1 Å². The Kier molecular flexibility index (Phi) is 24.0. The SMILES string of the molecule is Cl.Cl.Cl.Cl.Nc1cc(N)c(N)cc1N.[H-].[Li+]. The second-order valence-electron chi connectivity index (χ2n) is 2.11. The maximum atomic E-state index is 5.43. The first-order valence-corrected chi connectivity index (χ1v) is 2.81. The molecule has 0 saturated heterocycles. The van der Waals surface area contributed by atoms with Crippen molar-refractivity contribution in [2.45, 2.75) is 0 Å². The predicted molar refractivity (Wildman–Crippen MR) is 74.2 cm³/mol. The van der Waals surface area contributed by atoms with E-state index in [0.29, 0.717) is 22.7 Å². The van der Waals surface area contributed by atoms with Gasteiger partial charge in [0.15, 0.2) is 0 Å². The van der Waals surface area contributed by atoms with Crippen LogP contribution in [0.15, 0.2) is 12.1 Å². The molecule has 0 fully saturated rings. The monoisotopic (exact) mass is 290 g/mol. The number of rotatable bonds is 0. The minimum absolute atomic E-state index is 0. The summed E-state index contributed by atoms with van der Waals surface area (Å²) in [7, 11) is 0. The van der Waals surface area contributed by atoms with Crippen molar-refractivity contribution < 1.29 is 20.3 Å². The van der Waals surface area contributed by atoms with Crippen LogP contribution in [0, 0.1) is 0 Å². The molecule has 0 heterocycles. The van der Waals surface area contributed by atoms with Crippen molar-refractivity contribution in [1.82, 2.24) is 0 Å². The molecule has 0 amide bonds. The normalized spacial score (nSPS) is 6.40. The molecule has 0 aliphatic carbocycles. The number of anilines is 4. The zero-order valence-corrected chi connectivity index (χ0v) is 11.4. The largest absolute Gasteiger partial charge is 1.00 e. The van der Waals surface area contributed by atoms with Crippen molar-refractivity contribution in [1.29, 1.82) is 0 Å². The summed E-state index contributed by atoms with van der Waals surface area (Å²) in [6.07, 6.45) is 0. The average molecular weight is 292 g/mol. The van der Waals surface area contributed by atoms with Gasteiger partial charge >= 0.3 is 18.9 Å². The maximum absolute atomic E-state index is 5.43.